The standard InChI is InChI=1S/C14H21N3O5S/c1-16(9-10-4-2-3-5-13(10)18)12-8-11(17(19)20)6-7-14(12)23(15,21)22/h6-8,10,13,18H,2-5,9H2,1H3,(H2,15,21,22). The van der Waals surface area contributed by atoms with Crippen LogP contribution in [0.25, 0.3) is 0 Å². The van der Waals surface area contributed by atoms with Gasteiger partial charge in [0.05, 0.1) is 16.7 Å². The molecule has 2 unspecified atom stereocenters. The summed E-state index contributed by atoms with van der Waals surface area (Å²) >= 11 is 0. The van der Waals surface area contributed by atoms with Crippen LogP contribution in [0.1, 0.15) is 25.7 Å². The molecule has 8 nitrogen and oxygen atoms in total. The number of nitro benzene ring substituents is 1. The Morgan fingerprint density at radius 3 is 2.61 bits per heavy atom. The fourth-order valence-corrected chi connectivity index (χ4v) is 3.77. The monoisotopic (exact) mass is 343 g/mol. The van der Waals surface area contributed by atoms with E-state index in [9.17, 15) is 23.6 Å². The van der Waals surface area contributed by atoms with Crippen LogP contribution in [0.15, 0.2) is 23.1 Å². The van der Waals surface area contributed by atoms with Crippen molar-refractivity contribution in [3.63, 3.8) is 0 Å². The Morgan fingerprint density at radius 1 is 1.39 bits per heavy atom. The minimum atomic E-state index is -4.00. The van der Waals surface area contributed by atoms with Gasteiger partial charge in [-0.3, -0.25) is 10.1 Å². The molecule has 9 heteroatoms. The molecule has 1 fully saturated rings. The number of rotatable bonds is 5. The SMILES string of the molecule is CN(CC1CCCCC1O)c1cc([N+](=O)[O-])ccc1S(N)(=O)=O. The van der Waals surface area contributed by atoms with Crippen molar-refractivity contribution in [3.8, 4) is 0 Å². The number of nitro groups is 1. The van der Waals surface area contributed by atoms with Gasteiger partial charge in [0.15, 0.2) is 0 Å². The van der Waals surface area contributed by atoms with Crippen molar-refractivity contribution in [1.82, 2.24) is 0 Å². The molecule has 0 aromatic heterocycles. The second-order valence-corrected chi connectivity index (χ2v) is 7.48. The molecule has 2 rings (SSSR count). The number of nitrogens with zero attached hydrogens (tertiary/aromatic N) is 2. The highest BCUT2D eigenvalue weighted by molar-refractivity contribution is 7.89. The topological polar surface area (TPSA) is 127 Å². The van der Waals surface area contributed by atoms with Gasteiger partial charge in [-0.05, 0) is 18.9 Å². The van der Waals surface area contributed by atoms with Crippen LogP contribution in [0.2, 0.25) is 0 Å². The number of benzene rings is 1. The summed E-state index contributed by atoms with van der Waals surface area (Å²) in [6.45, 7) is 0.408. The minimum absolute atomic E-state index is 0.00124. The molecule has 1 aliphatic rings. The molecule has 0 amide bonds. The average molecular weight is 343 g/mol. The van der Waals surface area contributed by atoms with Gasteiger partial charge in [0, 0.05) is 31.6 Å². The molecule has 3 N–H and O–H groups in total. The molecule has 2 atom stereocenters. The van der Waals surface area contributed by atoms with E-state index in [1.807, 2.05) is 0 Å². The lowest BCUT2D eigenvalue weighted by molar-refractivity contribution is -0.384. The van der Waals surface area contributed by atoms with Gasteiger partial charge in [0.2, 0.25) is 10.0 Å². The van der Waals surface area contributed by atoms with E-state index in [0.717, 1.165) is 37.8 Å². The molecule has 0 bridgehead atoms. The van der Waals surface area contributed by atoms with Crippen LogP contribution in [0.3, 0.4) is 0 Å². The van der Waals surface area contributed by atoms with Crippen LogP contribution in [0, 0.1) is 16.0 Å². The molecule has 0 heterocycles. The molecule has 0 saturated heterocycles. The zero-order chi connectivity index (χ0) is 17.2. The van der Waals surface area contributed by atoms with E-state index < -0.39 is 21.1 Å². The van der Waals surface area contributed by atoms with Gasteiger partial charge >= 0.3 is 0 Å². The number of anilines is 1. The van der Waals surface area contributed by atoms with Gasteiger partial charge in [-0.1, -0.05) is 12.8 Å². The summed E-state index contributed by atoms with van der Waals surface area (Å²) in [5.41, 5.74) is -0.0251. The first-order chi connectivity index (χ1) is 10.7. The number of aliphatic hydroxyl groups excluding tert-OH is 1. The number of non-ortho nitro benzene ring substituents is 1. The number of hydrogen-bond donors (Lipinski definition) is 2. The Morgan fingerprint density at radius 2 is 2.04 bits per heavy atom. The van der Waals surface area contributed by atoms with Crippen LogP contribution in [-0.2, 0) is 10.0 Å². The number of nitrogens with two attached hydrogens (primary N) is 1. The van der Waals surface area contributed by atoms with Gasteiger partial charge in [0.25, 0.3) is 5.69 Å². The van der Waals surface area contributed by atoms with E-state index in [2.05, 4.69) is 0 Å². The molecule has 0 spiro atoms. The molecule has 23 heavy (non-hydrogen) atoms. The van der Waals surface area contributed by atoms with E-state index in [4.69, 9.17) is 5.14 Å². The first kappa shape index (κ1) is 17.6. The van der Waals surface area contributed by atoms with E-state index in [1.165, 1.54) is 6.07 Å². The van der Waals surface area contributed by atoms with Gasteiger partial charge in [-0.15, -0.1) is 0 Å². The van der Waals surface area contributed by atoms with E-state index in [0.29, 0.717) is 6.54 Å². The summed E-state index contributed by atoms with van der Waals surface area (Å²) in [6.07, 6.45) is 3.09. The Bertz CT molecular complexity index is 692. The molecule has 128 valence electrons. The summed E-state index contributed by atoms with van der Waals surface area (Å²) in [4.78, 5) is 11.8. The molecule has 1 aromatic carbocycles. The van der Waals surface area contributed by atoms with Crippen molar-refractivity contribution in [2.24, 2.45) is 11.1 Å². The van der Waals surface area contributed by atoms with Crippen molar-refractivity contribution in [1.29, 1.82) is 0 Å². The lowest BCUT2D eigenvalue weighted by Gasteiger charge is -2.32. The highest BCUT2D eigenvalue weighted by Gasteiger charge is 2.27. The summed E-state index contributed by atoms with van der Waals surface area (Å²) in [5.74, 6) is 0.00124. The number of primary sulfonamides is 1. The number of sulfonamides is 1. The number of hydrogen-bond acceptors (Lipinski definition) is 6. The Labute approximate surface area is 135 Å². The first-order valence-electron chi connectivity index (χ1n) is 7.40. The second kappa shape index (κ2) is 6.81. The van der Waals surface area contributed by atoms with Crippen LogP contribution in [0.5, 0.6) is 0 Å². The van der Waals surface area contributed by atoms with Gasteiger partial charge in [0.1, 0.15) is 4.90 Å². The molecule has 1 saturated carbocycles. The number of aliphatic hydroxyl groups is 1. The van der Waals surface area contributed by atoms with Crippen molar-refractivity contribution < 1.29 is 18.4 Å². The zero-order valence-electron chi connectivity index (χ0n) is 12.9. The first-order valence-corrected chi connectivity index (χ1v) is 8.95. The van der Waals surface area contributed by atoms with Crippen LogP contribution in [-0.4, -0.2) is 38.1 Å². The van der Waals surface area contributed by atoms with E-state index in [-0.39, 0.29) is 22.2 Å². The van der Waals surface area contributed by atoms with Crippen molar-refractivity contribution >= 4 is 21.4 Å². The van der Waals surface area contributed by atoms with Gasteiger partial charge < -0.3 is 10.0 Å². The Kier molecular flexibility index (Phi) is 5.23. The summed E-state index contributed by atoms with van der Waals surface area (Å²) < 4.78 is 23.5. The van der Waals surface area contributed by atoms with Crippen molar-refractivity contribution in [2.45, 2.75) is 36.7 Å². The maximum absolute atomic E-state index is 11.7. The molecular formula is C14H21N3O5S. The Balaban J connectivity index is 2.34. The fourth-order valence-electron chi connectivity index (χ4n) is 3.01. The zero-order valence-corrected chi connectivity index (χ0v) is 13.7. The van der Waals surface area contributed by atoms with Crippen molar-refractivity contribution in [3.05, 3.63) is 28.3 Å². The third-order valence-electron chi connectivity index (χ3n) is 4.25. The van der Waals surface area contributed by atoms with Crippen LogP contribution in [0.4, 0.5) is 11.4 Å². The smallest absolute Gasteiger partial charge is 0.271 e. The maximum Gasteiger partial charge on any atom is 0.271 e. The average Bonchev–Trinajstić information content (AvgIpc) is 2.48. The third kappa shape index (κ3) is 4.18. The second-order valence-electron chi connectivity index (χ2n) is 5.95. The van der Waals surface area contributed by atoms with Gasteiger partial charge in [-0.25, -0.2) is 13.6 Å². The predicted molar refractivity (Wildman–Crippen MR) is 85.7 cm³/mol. The third-order valence-corrected chi connectivity index (χ3v) is 5.21. The summed E-state index contributed by atoms with van der Waals surface area (Å²) in [5, 5.41) is 26.2. The molecule has 0 radical (unpaired) electrons. The molecule has 1 aromatic rings. The maximum atomic E-state index is 11.7. The molecular weight excluding hydrogens is 322 g/mol. The van der Waals surface area contributed by atoms with Crippen LogP contribution < -0.4 is 10.0 Å². The van der Waals surface area contributed by atoms with E-state index >= 15 is 0 Å². The fraction of sp³-hybridized carbons (Fsp3) is 0.571. The lowest BCUT2D eigenvalue weighted by atomic mass is 9.86. The predicted octanol–water partition coefficient (Wildman–Crippen LogP) is 1.23. The summed E-state index contributed by atoms with van der Waals surface area (Å²) in [7, 11) is -2.35. The highest BCUT2D eigenvalue weighted by atomic mass is 32.2. The largest absolute Gasteiger partial charge is 0.393 e. The summed E-state index contributed by atoms with van der Waals surface area (Å²) in [6, 6.07) is 3.47. The van der Waals surface area contributed by atoms with Crippen molar-refractivity contribution in [2.75, 3.05) is 18.5 Å². The molecule has 1 aliphatic carbocycles. The quantitative estimate of drug-likeness (QED) is 0.611. The van der Waals surface area contributed by atoms with E-state index in [1.54, 1.807) is 11.9 Å². The lowest BCUT2D eigenvalue weighted by Crippen LogP contribution is -2.35. The normalized spacial score (nSPS) is 21.9. The minimum Gasteiger partial charge on any atom is -0.393 e. The Hall–Kier alpha value is -1.71. The molecule has 0 aliphatic heterocycles. The van der Waals surface area contributed by atoms with Gasteiger partial charge in [-0.2, -0.15) is 0 Å². The van der Waals surface area contributed by atoms with Crippen LogP contribution >= 0.6 is 0 Å². The highest BCUT2D eigenvalue weighted by Crippen LogP contribution is 2.31.